The van der Waals surface area contributed by atoms with Gasteiger partial charge in [-0.1, -0.05) is 27.2 Å². The van der Waals surface area contributed by atoms with Crippen molar-refractivity contribution in [1.29, 1.82) is 0 Å². The van der Waals surface area contributed by atoms with E-state index < -0.39 is 0 Å². The number of hydrogen-bond acceptors (Lipinski definition) is 2. The molecule has 0 aliphatic rings. The van der Waals surface area contributed by atoms with Crippen molar-refractivity contribution >= 4 is 0 Å². The Morgan fingerprint density at radius 1 is 1.42 bits per heavy atom. The average Bonchev–Trinajstić information content (AvgIpc) is 2.72. The van der Waals surface area contributed by atoms with Crippen LogP contribution in [0.4, 0.5) is 0 Å². The van der Waals surface area contributed by atoms with Crippen molar-refractivity contribution in [2.45, 2.75) is 59.2 Å². The summed E-state index contributed by atoms with van der Waals surface area (Å²) >= 11 is 0. The van der Waals surface area contributed by atoms with Crippen LogP contribution < -0.4 is 9.88 Å². The first kappa shape index (κ1) is 16.2. The number of hydrogen-bond donors (Lipinski definition) is 2. The molecule has 0 bridgehead atoms. The van der Waals surface area contributed by atoms with Gasteiger partial charge < -0.3 is 10.4 Å². The first-order chi connectivity index (χ1) is 9.08. The van der Waals surface area contributed by atoms with E-state index in [1.54, 1.807) is 0 Å². The van der Waals surface area contributed by atoms with Gasteiger partial charge in [0, 0.05) is 6.04 Å². The molecule has 0 unspecified atom stereocenters. The van der Waals surface area contributed by atoms with Gasteiger partial charge in [-0.2, -0.15) is 0 Å². The van der Waals surface area contributed by atoms with E-state index in [9.17, 15) is 5.11 Å². The van der Waals surface area contributed by atoms with Crippen LogP contribution in [0.3, 0.4) is 0 Å². The van der Waals surface area contributed by atoms with E-state index in [-0.39, 0.29) is 12.6 Å². The van der Waals surface area contributed by atoms with E-state index in [2.05, 4.69) is 54.7 Å². The Morgan fingerprint density at radius 3 is 2.74 bits per heavy atom. The number of nitrogens with one attached hydrogen (secondary N) is 1. The number of unbranched alkanes of at least 4 members (excludes halogenated alkanes) is 1. The molecule has 4 heteroatoms. The van der Waals surface area contributed by atoms with Gasteiger partial charge in [0.15, 0.2) is 0 Å². The maximum Gasteiger partial charge on any atom is 0.270 e. The molecule has 0 saturated carbocycles. The van der Waals surface area contributed by atoms with E-state index in [0.29, 0.717) is 5.92 Å². The highest BCUT2D eigenvalue weighted by atomic mass is 16.3. The summed E-state index contributed by atoms with van der Waals surface area (Å²) in [6.07, 6.45) is 7.67. The molecule has 1 rings (SSSR count). The number of aliphatic hydroxyl groups is 1. The van der Waals surface area contributed by atoms with Crippen molar-refractivity contribution in [3.05, 3.63) is 18.2 Å². The molecule has 1 heterocycles. The molecule has 1 aromatic rings. The van der Waals surface area contributed by atoms with Gasteiger partial charge in [-0.15, -0.1) is 0 Å². The van der Waals surface area contributed by atoms with Gasteiger partial charge >= 0.3 is 0 Å². The molecule has 0 fully saturated rings. The lowest BCUT2D eigenvalue weighted by Crippen LogP contribution is -2.40. The van der Waals surface area contributed by atoms with Crippen LogP contribution in [0, 0.1) is 5.92 Å². The zero-order chi connectivity index (χ0) is 14.3. The van der Waals surface area contributed by atoms with E-state index in [1.807, 2.05) is 0 Å². The number of aryl methyl sites for hydroxylation is 2. The molecule has 4 nitrogen and oxygen atoms in total. The maximum absolute atomic E-state index is 9.41. The molecule has 0 aliphatic heterocycles. The molecular weight excluding hydrogens is 238 g/mol. The number of imidazole rings is 1. The van der Waals surface area contributed by atoms with E-state index >= 15 is 0 Å². The lowest BCUT2D eigenvalue weighted by atomic mass is 10.0. The van der Waals surface area contributed by atoms with E-state index in [0.717, 1.165) is 19.5 Å². The summed E-state index contributed by atoms with van der Waals surface area (Å²) < 4.78 is 4.47. The second kappa shape index (κ2) is 8.33. The number of aromatic nitrogens is 2. The minimum Gasteiger partial charge on any atom is -0.395 e. The third kappa shape index (κ3) is 5.33. The van der Waals surface area contributed by atoms with Crippen LogP contribution in [-0.2, 0) is 20.1 Å². The highest BCUT2D eigenvalue weighted by Crippen LogP contribution is 2.05. The van der Waals surface area contributed by atoms with Crippen molar-refractivity contribution in [2.75, 3.05) is 6.61 Å². The normalized spacial score (nSPS) is 13.2. The smallest absolute Gasteiger partial charge is 0.270 e. The number of rotatable bonds is 9. The molecular formula is C15H30N3O+. The van der Waals surface area contributed by atoms with Crippen molar-refractivity contribution in [3.8, 4) is 0 Å². The Labute approximate surface area is 117 Å². The van der Waals surface area contributed by atoms with Crippen molar-refractivity contribution in [2.24, 2.45) is 13.0 Å². The first-order valence-electron chi connectivity index (χ1n) is 7.46. The van der Waals surface area contributed by atoms with Crippen LogP contribution in [-0.4, -0.2) is 22.3 Å². The molecule has 0 aliphatic carbocycles. The highest BCUT2D eigenvalue weighted by molar-refractivity contribution is 4.84. The maximum atomic E-state index is 9.41. The monoisotopic (exact) mass is 268 g/mol. The fraction of sp³-hybridized carbons (Fsp3) is 0.800. The molecule has 0 radical (unpaired) electrons. The Morgan fingerprint density at radius 2 is 2.16 bits per heavy atom. The van der Waals surface area contributed by atoms with Gasteiger partial charge in [-0.3, -0.25) is 0 Å². The standard InChI is InChI=1S/C15H30N3O/c1-5-6-7-18-9-8-17(4)15(18)11-16-14(12-19)10-13(2)3/h8-9,13-14,16,19H,5-7,10-12H2,1-4H3/q+1/t14-/m1/s1. The number of aliphatic hydroxyl groups excluding tert-OH is 1. The lowest BCUT2D eigenvalue weighted by molar-refractivity contribution is -0.679. The highest BCUT2D eigenvalue weighted by Gasteiger charge is 2.16. The van der Waals surface area contributed by atoms with Crippen molar-refractivity contribution in [3.63, 3.8) is 0 Å². The predicted octanol–water partition coefficient (Wildman–Crippen LogP) is 1.61. The fourth-order valence-electron chi connectivity index (χ4n) is 2.34. The van der Waals surface area contributed by atoms with E-state index in [4.69, 9.17) is 0 Å². The average molecular weight is 268 g/mol. The van der Waals surface area contributed by atoms with Gasteiger partial charge in [-0.05, 0) is 18.8 Å². The molecule has 0 saturated heterocycles. The van der Waals surface area contributed by atoms with Crippen LogP contribution >= 0.6 is 0 Å². The predicted molar refractivity (Wildman–Crippen MR) is 77.7 cm³/mol. The van der Waals surface area contributed by atoms with Crippen LogP contribution in [0.15, 0.2) is 12.4 Å². The molecule has 0 spiro atoms. The second-order valence-corrected chi connectivity index (χ2v) is 5.76. The minimum atomic E-state index is 0.189. The summed E-state index contributed by atoms with van der Waals surface area (Å²) in [7, 11) is 2.08. The molecule has 110 valence electrons. The quantitative estimate of drug-likeness (QED) is 0.668. The first-order valence-corrected chi connectivity index (χ1v) is 7.46. The molecule has 2 N–H and O–H groups in total. The van der Waals surface area contributed by atoms with Gasteiger partial charge in [0.1, 0.15) is 12.4 Å². The summed E-state index contributed by atoms with van der Waals surface area (Å²) in [6, 6.07) is 0.189. The third-order valence-electron chi connectivity index (χ3n) is 3.49. The zero-order valence-corrected chi connectivity index (χ0v) is 12.9. The van der Waals surface area contributed by atoms with Gasteiger partial charge in [0.2, 0.25) is 0 Å². The van der Waals surface area contributed by atoms with Crippen LogP contribution in [0.1, 0.15) is 45.9 Å². The minimum absolute atomic E-state index is 0.189. The molecule has 19 heavy (non-hydrogen) atoms. The summed E-state index contributed by atoms with van der Waals surface area (Å²) in [5.74, 6) is 1.88. The van der Waals surface area contributed by atoms with Gasteiger partial charge in [0.05, 0.1) is 26.7 Å². The zero-order valence-electron chi connectivity index (χ0n) is 12.9. The second-order valence-electron chi connectivity index (χ2n) is 5.76. The third-order valence-corrected chi connectivity index (χ3v) is 3.49. The van der Waals surface area contributed by atoms with Gasteiger partial charge in [-0.25, -0.2) is 9.13 Å². The molecule has 1 atom stereocenters. The Bertz CT molecular complexity index is 360. The van der Waals surface area contributed by atoms with Crippen LogP contribution in [0.5, 0.6) is 0 Å². The largest absolute Gasteiger partial charge is 0.395 e. The Kier molecular flexibility index (Phi) is 7.10. The number of nitrogens with zero attached hydrogens (tertiary/aromatic N) is 2. The Balaban J connectivity index is 2.57. The summed E-state index contributed by atoms with van der Waals surface area (Å²) in [4.78, 5) is 0. The molecule has 0 aromatic carbocycles. The SMILES string of the molecule is CCCCn1cc[n+](C)c1CN[C@@H](CO)CC(C)C. The lowest BCUT2D eigenvalue weighted by Gasteiger charge is -2.17. The summed E-state index contributed by atoms with van der Waals surface area (Å²) in [5, 5.41) is 12.9. The van der Waals surface area contributed by atoms with E-state index in [1.165, 1.54) is 18.7 Å². The summed E-state index contributed by atoms with van der Waals surface area (Å²) in [5.41, 5.74) is 0. The summed E-state index contributed by atoms with van der Waals surface area (Å²) in [6.45, 7) is 8.68. The van der Waals surface area contributed by atoms with Crippen LogP contribution in [0.25, 0.3) is 0 Å². The topological polar surface area (TPSA) is 41.1 Å². The fourth-order valence-corrected chi connectivity index (χ4v) is 2.34. The van der Waals surface area contributed by atoms with Crippen LogP contribution in [0.2, 0.25) is 0 Å². The molecule has 0 amide bonds. The molecule has 1 aromatic heterocycles. The Hall–Kier alpha value is -0.870. The van der Waals surface area contributed by atoms with Crippen molar-refractivity contribution in [1.82, 2.24) is 9.88 Å². The van der Waals surface area contributed by atoms with Crippen molar-refractivity contribution < 1.29 is 9.67 Å². The van der Waals surface area contributed by atoms with Gasteiger partial charge in [0.25, 0.3) is 5.82 Å².